The number of benzene rings is 2. The van der Waals surface area contributed by atoms with E-state index in [9.17, 15) is 4.79 Å². The van der Waals surface area contributed by atoms with Gasteiger partial charge in [-0.15, -0.1) is 0 Å². The fourth-order valence-corrected chi connectivity index (χ4v) is 4.41. The number of aromatic nitrogens is 2. The summed E-state index contributed by atoms with van der Waals surface area (Å²) in [6, 6.07) is 15.5. The molecule has 0 radical (unpaired) electrons. The Kier molecular flexibility index (Phi) is 5.24. The first-order valence-electron chi connectivity index (χ1n) is 8.85. The molecule has 6 heteroatoms. The van der Waals surface area contributed by atoms with Gasteiger partial charge in [0.15, 0.2) is 5.13 Å². The van der Waals surface area contributed by atoms with Gasteiger partial charge in [0.1, 0.15) is 0 Å². The maximum atomic E-state index is 13.3. The third-order valence-electron chi connectivity index (χ3n) is 4.44. The van der Waals surface area contributed by atoms with E-state index >= 15 is 0 Å². The van der Waals surface area contributed by atoms with Gasteiger partial charge in [0.25, 0.3) is 5.91 Å². The predicted octanol–water partition coefficient (Wildman–Crippen LogP) is 5.92. The molecule has 0 aliphatic carbocycles. The molecule has 0 saturated carbocycles. The number of hydrogen-bond acceptors (Lipinski definition) is 4. The minimum absolute atomic E-state index is 0.0789. The molecule has 4 aromatic rings. The number of hydrogen-bond donors (Lipinski definition) is 0. The van der Waals surface area contributed by atoms with Gasteiger partial charge in [0, 0.05) is 22.4 Å². The van der Waals surface area contributed by atoms with Crippen molar-refractivity contribution in [3.8, 4) is 0 Å². The molecule has 0 bridgehead atoms. The number of anilines is 1. The molecule has 0 aliphatic heterocycles. The van der Waals surface area contributed by atoms with Crippen LogP contribution in [-0.2, 0) is 6.54 Å². The number of thiazole rings is 1. The van der Waals surface area contributed by atoms with Crippen molar-refractivity contribution >= 4 is 48.5 Å². The zero-order chi connectivity index (χ0) is 19.7. The minimum Gasteiger partial charge on any atom is -0.279 e. The Morgan fingerprint density at radius 1 is 1.14 bits per heavy atom. The average molecular weight is 452 g/mol. The van der Waals surface area contributed by atoms with E-state index in [4.69, 9.17) is 4.98 Å². The molecule has 4 rings (SSSR count). The minimum atomic E-state index is -0.0789. The summed E-state index contributed by atoms with van der Waals surface area (Å²) in [6.07, 6.45) is 3.51. The van der Waals surface area contributed by atoms with Crippen molar-refractivity contribution in [2.75, 3.05) is 4.90 Å². The number of fused-ring (bicyclic) bond motifs is 1. The van der Waals surface area contributed by atoms with Crippen LogP contribution in [-0.4, -0.2) is 15.9 Å². The summed E-state index contributed by atoms with van der Waals surface area (Å²) in [5.74, 6) is -0.0789. The molecular formula is C22H18BrN3OS. The van der Waals surface area contributed by atoms with Crippen molar-refractivity contribution < 1.29 is 4.79 Å². The van der Waals surface area contributed by atoms with Crippen LogP contribution in [0.25, 0.3) is 10.2 Å². The van der Waals surface area contributed by atoms with Gasteiger partial charge in [0.05, 0.1) is 16.8 Å². The summed E-state index contributed by atoms with van der Waals surface area (Å²) in [5.41, 5.74) is 4.85. The smallest absolute Gasteiger partial charge is 0.260 e. The third kappa shape index (κ3) is 3.84. The van der Waals surface area contributed by atoms with Crippen molar-refractivity contribution in [3.05, 3.63) is 87.7 Å². The van der Waals surface area contributed by atoms with Gasteiger partial charge < -0.3 is 0 Å². The summed E-state index contributed by atoms with van der Waals surface area (Å²) in [7, 11) is 0. The molecule has 2 aromatic heterocycles. The first-order chi connectivity index (χ1) is 13.5. The van der Waals surface area contributed by atoms with E-state index in [0.717, 1.165) is 20.3 Å². The maximum absolute atomic E-state index is 13.3. The van der Waals surface area contributed by atoms with Gasteiger partial charge in [-0.3, -0.25) is 14.7 Å². The van der Waals surface area contributed by atoms with Crippen molar-refractivity contribution in [2.24, 2.45) is 0 Å². The predicted molar refractivity (Wildman–Crippen MR) is 118 cm³/mol. The van der Waals surface area contributed by atoms with Crippen molar-refractivity contribution in [1.82, 2.24) is 9.97 Å². The molecule has 0 N–H and O–H groups in total. The van der Waals surface area contributed by atoms with E-state index in [1.807, 2.05) is 36.4 Å². The molecule has 0 unspecified atom stereocenters. The monoisotopic (exact) mass is 451 g/mol. The number of pyridine rings is 1. The second-order valence-electron chi connectivity index (χ2n) is 6.69. The fraction of sp³-hybridized carbons (Fsp3) is 0.136. The number of carbonyl (C=O) groups is 1. The zero-order valence-electron chi connectivity index (χ0n) is 15.5. The quantitative estimate of drug-likeness (QED) is 0.386. The highest BCUT2D eigenvalue weighted by Crippen LogP contribution is 2.33. The summed E-state index contributed by atoms with van der Waals surface area (Å²) in [5, 5.41) is 0.695. The Morgan fingerprint density at radius 2 is 1.93 bits per heavy atom. The summed E-state index contributed by atoms with van der Waals surface area (Å²) < 4.78 is 2.05. The van der Waals surface area contributed by atoms with Crippen molar-refractivity contribution in [3.63, 3.8) is 0 Å². The molecule has 0 atom stereocenters. The molecule has 28 heavy (non-hydrogen) atoms. The summed E-state index contributed by atoms with van der Waals surface area (Å²) in [6.45, 7) is 4.56. The van der Waals surface area contributed by atoms with Crippen LogP contribution in [0.15, 0.2) is 65.4 Å². The molecular weight excluding hydrogens is 434 g/mol. The lowest BCUT2D eigenvalue weighted by molar-refractivity contribution is 0.0985. The molecule has 2 aromatic carbocycles. The first kappa shape index (κ1) is 18.8. The molecule has 1 amide bonds. The lowest BCUT2D eigenvalue weighted by Crippen LogP contribution is -2.30. The van der Waals surface area contributed by atoms with Crippen LogP contribution in [0.2, 0.25) is 0 Å². The Balaban J connectivity index is 1.79. The summed E-state index contributed by atoms with van der Waals surface area (Å²) >= 11 is 4.98. The lowest BCUT2D eigenvalue weighted by atomic mass is 10.1. The topological polar surface area (TPSA) is 46.1 Å². The van der Waals surface area contributed by atoms with Gasteiger partial charge >= 0.3 is 0 Å². The number of aryl methyl sites for hydroxylation is 2. The van der Waals surface area contributed by atoms with E-state index in [1.165, 1.54) is 11.1 Å². The molecule has 4 nitrogen and oxygen atoms in total. The zero-order valence-corrected chi connectivity index (χ0v) is 17.9. The van der Waals surface area contributed by atoms with Gasteiger partial charge in [-0.2, -0.15) is 0 Å². The molecule has 2 heterocycles. The van der Waals surface area contributed by atoms with Crippen LogP contribution >= 0.6 is 27.3 Å². The van der Waals surface area contributed by atoms with Crippen LogP contribution in [0.3, 0.4) is 0 Å². The maximum Gasteiger partial charge on any atom is 0.260 e. The van der Waals surface area contributed by atoms with E-state index in [2.05, 4.69) is 46.9 Å². The second-order valence-corrected chi connectivity index (χ2v) is 8.58. The van der Waals surface area contributed by atoms with E-state index in [-0.39, 0.29) is 5.91 Å². The Hall–Kier alpha value is -2.57. The summed E-state index contributed by atoms with van der Waals surface area (Å²) in [4.78, 5) is 24.1. The van der Waals surface area contributed by atoms with E-state index in [1.54, 1.807) is 28.6 Å². The average Bonchev–Trinajstić information content (AvgIpc) is 3.11. The number of nitrogens with zero attached hydrogens (tertiary/aromatic N) is 3. The van der Waals surface area contributed by atoms with E-state index in [0.29, 0.717) is 17.2 Å². The van der Waals surface area contributed by atoms with Crippen LogP contribution in [0, 0.1) is 13.8 Å². The molecule has 0 aliphatic rings. The van der Waals surface area contributed by atoms with Crippen LogP contribution in [0.4, 0.5) is 5.13 Å². The fourth-order valence-electron chi connectivity index (χ4n) is 3.13. The Morgan fingerprint density at radius 3 is 2.64 bits per heavy atom. The van der Waals surface area contributed by atoms with Crippen molar-refractivity contribution in [1.29, 1.82) is 0 Å². The largest absolute Gasteiger partial charge is 0.279 e. The Labute approximate surface area is 176 Å². The Bertz CT molecular complexity index is 1140. The molecule has 0 fully saturated rings. The molecule has 0 saturated heterocycles. The highest BCUT2D eigenvalue weighted by molar-refractivity contribution is 9.10. The number of carbonyl (C=O) groups excluding carboxylic acids is 1. The highest BCUT2D eigenvalue weighted by Gasteiger charge is 2.22. The first-order valence-corrected chi connectivity index (χ1v) is 10.5. The number of halogens is 1. The van der Waals surface area contributed by atoms with Gasteiger partial charge in [-0.1, -0.05) is 39.4 Å². The van der Waals surface area contributed by atoms with Crippen LogP contribution in [0.1, 0.15) is 27.0 Å². The lowest BCUT2D eigenvalue weighted by Gasteiger charge is -2.20. The van der Waals surface area contributed by atoms with Crippen molar-refractivity contribution in [2.45, 2.75) is 20.4 Å². The van der Waals surface area contributed by atoms with Crippen LogP contribution in [0.5, 0.6) is 0 Å². The normalized spacial score (nSPS) is 11.0. The standard InChI is InChI=1S/C22H18BrN3OS/c1-14-10-15(2)20-19(11-14)25-22(28-20)26(13-16-4-3-9-24-12-16)21(27)17-5-7-18(23)8-6-17/h3-12H,13H2,1-2H3. The SMILES string of the molecule is Cc1cc(C)c2sc(N(Cc3cccnc3)C(=O)c3ccc(Br)cc3)nc2c1. The number of amides is 1. The van der Waals surface area contributed by atoms with Gasteiger partial charge in [-0.05, 0) is 66.9 Å². The third-order valence-corrected chi connectivity index (χ3v) is 6.20. The van der Waals surface area contributed by atoms with Gasteiger partial charge in [-0.25, -0.2) is 4.98 Å². The van der Waals surface area contributed by atoms with Crippen LogP contribution < -0.4 is 4.90 Å². The number of rotatable bonds is 4. The molecule has 0 spiro atoms. The van der Waals surface area contributed by atoms with E-state index < -0.39 is 0 Å². The molecule has 140 valence electrons. The highest BCUT2D eigenvalue weighted by atomic mass is 79.9. The van der Waals surface area contributed by atoms with Gasteiger partial charge in [0.2, 0.25) is 0 Å². The second kappa shape index (κ2) is 7.81.